The second kappa shape index (κ2) is 7.92. The number of alkyl carbamates (subject to hydrolysis) is 1. The molecule has 0 saturated heterocycles. The van der Waals surface area contributed by atoms with Crippen molar-refractivity contribution in [1.29, 1.82) is 0 Å². The lowest BCUT2D eigenvalue weighted by Crippen LogP contribution is -2.33. The Bertz CT molecular complexity index is 229. The van der Waals surface area contributed by atoms with Gasteiger partial charge in [-0.15, -0.1) is 0 Å². The fourth-order valence-electron chi connectivity index (χ4n) is 0.969. The number of rotatable bonds is 7. The fraction of sp³-hybridized carbons (Fsp3) is 0.800. The van der Waals surface area contributed by atoms with Gasteiger partial charge in [-0.25, -0.2) is 4.79 Å². The molecule has 1 unspecified atom stereocenters. The summed E-state index contributed by atoms with van der Waals surface area (Å²) in [7, 11) is 0. The molecule has 0 fully saturated rings. The normalized spacial score (nSPS) is 12.2. The van der Waals surface area contributed by atoms with Crippen molar-refractivity contribution < 1.29 is 24.5 Å². The molecule has 0 aromatic rings. The van der Waals surface area contributed by atoms with Crippen LogP contribution in [-0.4, -0.2) is 42.0 Å². The van der Waals surface area contributed by atoms with Crippen LogP contribution < -0.4 is 5.32 Å². The highest BCUT2D eigenvalue weighted by atomic mass is 16.5. The van der Waals surface area contributed by atoms with Crippen LogP contribution in [0.5, 0.6) is 0 Å². The molecule has 0 aromatic carbocycles. The molecule has 0 rings (SSSR count). The van der Waals surface area contributed by atoms with Gasteiger partial charge in [-0.3, -0.25) is 4.79 Å². The summed E-state index contributed by atoms with van der Waals surface area (Å²) < 4.78 is 4.82. The summed E-state index contributed by atoms with van der Waals surface area (Å²) in [5.74, 6) is -1.24. The second-order valence-electron chi connectivity index (χ2n) is 4.02. The van der Waals surface area contributed by atoms with E-state index in [1.165, 1.54) is 0 Å². The molecule has 6 heteroatoms. The number of aliphatic hydroxyl groups is 1. The molecule has 1 atom stereocenters. The average Bonchev–Trinajstić information content (AvgIpc) is 2.20. The first-order chi connectivity index (χ1) is 7.45. The van der Waals surface area contributed by atoms with Crippen LogP contribution in [0.1, 0.15) is 20.3 Å². The minimum absolute atomic E-state index is 0.0970. The maximum Gasteiger partial charge on any atom is 0.407 e. The van der Waals surface area contributed by atoms with Crippen LogP contribution in [0.4, 0.5) is 4.79 Å². The molecule has 0 aromatic heterocycles. The lowest BCUT2D eigenvalue weighted by molar-refractivity contribution is -0.138. The topological polar surface area (TPSA) is 95.9 Å². The zero-order valence-corrected chi connectivity index (χ0v) is 9.60. The number of aliphatic carboxylic acids is 1. The highest BCUT2D eigenvalue weighted by molar-refractivity contribution is 5.68. The van der Waals surface area contributed by atoms with Gasteiger partial charge in [-0.2, -0.15) is 0 Å². The van der Waals surface area contributed by atoms with Crippen molar-refractivity contribution >= 4 is 12.1 Å². The monoisotopic (exact) mass is 233 g/mol. The molecule has 16 heavy (non-hydrogen) atoms. The van der Waals surface area contributed by atoms with Crippen LogP contribution in [0.15, 0.2) is 0 Å². The van der Waals surface area contributed by atoms with E-state index >= 15 is 0 Å². The molecular formula is C10H19NO5. The van der Waals surface area contributed by atoms with E-state index in [4.69, 9.17) is 14.9 Å². The Labute approximate surface area is 94.6 Å². The number of carboxylic acid groups (broad SMARTS) is 1. The van der Waals surface area contributed by atoms with E-state index in [2.05, 4.69) is 5.32 Å². The number of carboxylic acids is 1. The van der Waals surface area contributed by atoms with E-state index in [-0.39, 0.29) is 25.5 Å². The lowest BCUT2D eigenvalue weighted by Gasteiger charge is -2.13. The first-order valence-electron chi connectivity index (χ1n) is 5.19. The summed E-state index contributed by atoms with van der Waals surface area (Å²) in [4.78, 5) is 21.5. The maximum absolute atomic E-state index is 11.1. The predicted octanol–water partition coefficient (Wildman–Crippen LogP) is 0.452. The molecule has 94 valence electrons. The van der Waals surface area contributed by atoms with Gasteiger partial charge in [-0.1, -0.05) is 13.8 Å². The zero-order valence-electron chi connectivity index (χ0n) is 9.60. The van der Waals surface area contributed by atoms with E-state index in [1.807, 2.05) is 13.8 Å². The van der Waals surface area contributed by atoms with Crippen LogP contribution in [0.25, 0.3) is 0 Å². The average molecular weight is 233 g/mol. The van der Waals surface area contributed by atoms with Gasteiger partial charge < -0.3 is 20.3 Å². The number of aliphatic hydroxyl groups excluding tert-OH is 1. The number of ether oxygens (including phenoxy) is 1. The van der Waals surface area contributed by atoms with Gasteiger partial charge >= 0.3 is 12.1 Å². The Morgan fingerprint density at radius 3 is 2.44 bits per heavy atom. The Hall–Kier alpha value is -1.30. The maximum atomic E-state index is 11.1. The summed E-state index contributed by atoms with van der Waals surface area (Å²) in [5, 5.41) is 19.8. The van der Waals surface area contributed by atoms with E-state index in [9.17, 15) is 9.59 Å². The van der Waals surface area contributed by atoms with Crippen molar-refractivity contribution in [1.82, 2.24) is 5.32 Å². The van der Waals surface area contributed by atoms with Gasteiger partial charge in [-0.05, 0) is 5.92 Å². The van der Waals surface area contributed by atoms with Crippen LogP contribution in [0, 0.1) is 11.8 Å². The third-order valence-electron chi connectivity index (χ3n) is 1.80. The summed E-state index contributed by atoms with van der Waals surface area (Å²) in [6.07, 6.45) is -0.765. The molecule has 0 radical (unpaired) electrons. The van der Waals surface area contributed by atoms with Gasteiger partial charge in [0.15, 0.2) is 0 Å². The molecule has 0 spiro atoms. The first kappa shape index (κ1) is 14.7. The molecule has 0 aliphatic rings. The van der Waals surface area contributed by atoms with Crippen molar-refractivity contribution in [2.24, 2.45) is 11.8 Å². The molecule has 3 N–H and O–H groups in total. The highest BCUT2D eigenvalue weighted by Crippen LogP contribution is 2.00. The summed E-state index contributed by atoms with van der Waals surface area (Å²) in [6, 6.07) is 0. The number of carbonyl (C=O) groups is 2. The SMILES string of the molecule is CC(C)COC(=O)NCC(CO)CC(=O)O. The summed E-state index contributed by atoms with van der Waals surface area (Å²) in [6.45, 7) is 3.95. The van der Waals surface area contributed by atoms with Crippen LogP contribution >= 0.6 is 0 Å². The Morgan fingerprint density at radius 2 is 2.00 bits per heavy atom. The first-order valence-corrected chi connectivity index (χ1v) is 5.19. The lowest BCUT2D eigenvalue weighted by atomic mass is 10.1. The second-order valence-corrected chi connectivity index (χ2v) is 4.02. The minimum Gasteiger partial charge on any atom is -0.481 e. The number of hydrogen-bond acceptors (Lipinski definition) is 4. The van der Waals surface area contributed by atoms with Crippen LogP contribution in [0.2, 0.25) is 0 Å². The van der Waals surface area contributed by atoms with E-state index in [0.29, 0.717) is 6.61 Å². The highest BCUT2D eigenvalue weighted by Gasteiger charge is 2.13. The van der Waals surface area contributed by atoms with Crippen LogP contribution in [-0.2, 0) is 9.53 Å². The van der Waals surface area contributed by atoms with Crippen molar-refractivity contribution in [3.05, 3.63) is 0 Å². The summed E-state index contributed by atoms with van der Waals surface area (Å²) in [5.41, 5.74) is 0. The number of amides is 1. The predicted molar refractivity (Wildman–Crippen MR) is 57.0 cm³/mol. The molecule has 6 nitrogen and oxygen atoms in total. The Kier molecular flexibility index (Phi) is 7.28. The molecule has 1 amide bonds. The van der Waals surface area contributed by atoms with Gasteiger partial charge in [0.25, 0.3) is 0 Å². The van der Waals surface area contributed by atoms with Crippen molar-refractivity contribution in [3.8, 4) is 0 Å². The number of hydrogen-bond donors (Lipinski definition) is 3. The van der Waals surface area contributed by atoms with E-state index in [0.717, 1.165) is 0 Å². The molecule has 0 heterocycles. The number of carbonyl (C=O) groups excluding carboxylic acids is 1. The van der Waals surface area contributed by atoms with Crippen molar-refractivity contribution in [2.45, 2.75) is 20.3 Å². The smallest absolute Gasteiger partial charge is 0.407 e. The fourth-order valence-corrected chi connectivity index (χ4v) is 0.969. The standard InChI is InChI=1S/C10H19NO5/c1-7(2)6-16-10(15)11-4-8(5-12)3-9(13)14/h7-8,12H,3-6H2,1-2H3,(H,11,15)(H,13,14). The Balaban J connectivity index is 3.75. The Morgan fingerprint density at radius 1 is 1.38 bits per heavy atom. The van der Waals surface area contributed by atoms with Crippen LogP contribution in [0.3, 0.4) is 0 Å². The largest absolute Gasteiger partial charge is 0.481 e. The molecule has 0 aliphatic heterocycles. The number of nitrogens with one attached hydrogen (secondary N) is 1. The molecule has 0 bridgehead atoms. The van der Waals surface area contributed by atoms with E-state index in [1.54, 1.807) is 0 Å². The van der Waals surface area contributed by atoms with Crippen molar-refractivity contribution in [3.63, 3.8) is 0 Å². The minimum atomic E-state index is -1.00. The summed E-state index contributed by atoms with van der Waals surface area (Å²) >= 11 is 0. The van der Waals surface area contributed by atoms with Gasteiger partial charge in [0.2, 0.25) is 0 Å². The van der Waals surface area contributed by atoms with Crippen molar-refractivity contribution in [2.75, 3.05) is 19.8 Å². The van der Waals surface area contributed by atoms with Gasteiger partial charge in [0.05, 0.1) is 13.0 Å². The molecule has 0 aliphatic carbocycles. The zero-order chi connectivity index (χ0) is 12.6. The third-order valence-corrected chi connectivity index (χ3v) is 1.80. The third kappa shape index (κ3) is 8.05. The van der Waals surface area contributed by atoms with E-state index < -0.39 is 18.0 Å². The molecular weight excluding hydrogens is 214 g/mol. The quantitative estimate of drug-likeness (QED) is 0.593. The van der Waals surface area contributed by atoms with Gasteiger partial charge in [0.1, 0.15) is 0 Å². The van der Waals surface area contributed by atoms with Gasteiger partial charge in [0, 0.05) is 19.1 Å². The molecule has 0 saturated carbocycles.